The highest BCUT2D eigenvalue weighted by atomic mass is 32.2. The second-order valence-electron chi connectivity index (χ2n) is 3.74. The molecule has 2 N–H and O–H groups in total. The topological polar surface area (TPSA) is 58.2 Å². The van der Waals surface area contributed by atoms with Gasteiger partial charge in [-0.1, -0.05) is 6.08 Å². The first-order chi connectivity index (χ1) is 6.95. The fourth-order valence-corrected chi connectivity index (χ4v) is 1.68. The normalized spacial score (nSPS) is 13.7. The van der Waals surface area contributed by atoms with Crippen LogP contribution in [-0.4, -0.2) is 33.8 Å². The summed E-state index contributed by atoms with van der Waals surface area (Å²) in [6, 6.07) is 0.459. The van der Waals surface area contributed by atoms with Crippen molar-refractivity contribution in [3.05, 3.63) is 12.7 Å². The Balaban J connectivity index is 3.34. The summed E-state index contributed by atoms with van der Waals surface area (Å²) in [5.74, 6) is 0. The molecule has 0 aliphatic carbocycles. The minimum atomic E-state index is -3.03. The Kier molecular flexibility index (Phi) is 7.64. The number of nitrogens with one attached hydrogen (secondary N) is 2. The van der Waals surface area contributed by atoms with Gasteiger partial charge in [0.1, 0.15) is 0 Å². The van der Waals surface area contributed by atoms with Crippen molar-refractivity contribution in [1.29, 1.82) is 0 Å². The van der Waals surface area contributed by atoms with Crippen molar-refractivity contribution in [2.24, 2.45) is 0 Å². The second kappa shape index (κ2) is 7.84. The van der Waals surface area contributed by atoms with Crippen LogP contribution in [0.5, 0.6) is 0 Å². The molecule has 0 aromatic carbocycles. The SMILES string of the molecule is C=CCCC(C)NCCCNS(C)(=O)=O. The first-order valence-corrected chi connectivity index (χ1v) is 7.13. The molecule has 0 aromatic heterocycles. The van der Waals surface area contributed by atoms with Crippen molar-refractivity contribution >= 4 is 10.0 Å². The molecule has 0 aliphatic rings. The number of sulfonamides is 1. The van der Waals surface area contributed by atoms with E-state index in [4.69, 9.17) is 0 Å². The van der Waals surface area contributed by atoms with Gasteiger partial charge in [0.25, 0.3) is 0 Å². The van der Waals surface area contributed by atoms with Gasteiger partial charge in [-0.2, -0.15) is 0 Å². The van der Waals surface area contributed by atoms with Crippen LogP contribution in [0.2, 0.25) is 0 Å². The molecule has 0 spiro atoms. The molecule has 0 aliphatic heterocycles. The summed E-state index contributed by atoms with van der Waals surface area (Å²) >= 11 is 0. The van der Waals surface area contributed by atoms with Crippen LogP contribution in [0, 0.1) is 0 Å². The van der Waals surface area contributed by atoms with Crippen LogP contribution in [0.3, 0.4) is 0 Å². The van der Waals surface area contributed by atoms with E-state index in [0.717, 1.165) is 25.8 Å². The molecule has 0 saturated carbocycles. The highest BCUT2D eigenvalue weighted by Gasteiger charge is 2.01. The van der Waals surface area contributed by atoms with Crippen LogP contribution in [0.15, 0.2) is 12.7 Å². The van der Waals surface area contributed by atoms with Crippen molar-refractivity contribution in [3.63, 3.8) is 0 Å². The number of rotatable bonds is 9. The van der Waals surface area contributed by atoms with E-state index in [0.29, 0.717) is 12.6 Å². The number of allylic oxidation sites excluding steroid dienone is 1. The predicted molar refractivity (Wildman–Crippen MR) is 64.4 cm³/mol. The van der Waals surface area contributed by atoms with E-state index in [1.54, 1.807) is 0 Å². The molecule has 0 radical (unpaired) electrons. The van der Waals surface area contributed by atoms with Gasteiger partial charge in [-0.05, 0) is 32.7 Å². The van der Waals surface area contributed by atoms with E-state index >= 15 is 0 Å². The number of hydrogen-bond donors (Lipinski definition) is 2. The molecule has 0 aromatic rings. The van der Waals surface area contributed by atoms with Crippen LogP contribution in [0.25, 0.3) is 0 Å². The van der Waals surface area contributed by atoms with Crippen LogP contribution in [0.1, 0.15) is 26.2 Å². The lowest BCUT2D eigenvalue weighted by Crippen LogP contribution is -2.30. The zero-order valence-corrected chi connectivity index (χ0v) is 10.4. The Morgan fingerprint density at radius 3 is 2.60 bits per heavy atom. The largest absolute Gasteiger partial charge is 0.314 e. The van der Waals surface area contributed by atoms with E-state index in [-0.39, 0.29) is 0 Å². The van der Waals surface area contributed by atoms with Crippen molar-refractivity contribution in [2.45, 2.75) is 32.2 Å². The summed E-state index contributed by atoms with van der Waals surface area (Å²) < 4.78 is 23.9. The van der Waals surface area contributed by atoms with E-state index in [2.05, 4.69) is 23.5 Å². The molecular formula is C10H22N2O2S. The van der Waals surface area contributed by atoms with Crippen molar-refractivity contribution in [2.75, 3.05) is 19.3 Å². The first kappa shape index (κ1) is 14.6. The summed E-state index contributed by atoms with van der Waals surface area (Å²) in [6.45, 7) is 7.12. The maximum Gasteiger partial charge on any atom is 0.208 e. The van der Waals surface area contributed by atoms with Crippen LogP contribution >= 0.6 is 0 Å². The maximum absolute atomic E-state index is 10.7. The molecule has 0 fully saturated rings. The van der Waals surface area contributed by atoms with Crippen molar-refractivity contribution < 1.29 is 8.42 Å². The molecule has 0 amide bonds. The van der Waals surface area contributed by atoms with Gasteiger partial charge in [0.05, 0.1) is 6.26 Å². The lowest BCUT2D eigenvalue weighted by atomic mass is 10.2. The molecule has 1 atom stereocenters. The van der Waals surface area contributed by atoms with E-state index in [1.165, 1.54) is 6.26 Å². The average molecular weight is 234 g/mol. The quantitative estimate of drug-likeness (QED) is 0.460. The Morgan fingerprint density at radius 1 is 1.40 bits per heavy atom. The van der Waals surface area contributed by atoms with Gasteiger partial charge < -0.3 is 5.32 Å². The summed E-state index contributed by atoms with van der Waals surface area (Å²) in [5, 5.41) is 3.32. The Hall–Kier alpha value is -0.390. The predicted octanol–water partition coefficient (Wildman–Crippen LogP) is 0.870. The monoisotopic (exact) mass is 234 g/mol. The van der Waals surface area contributed by atoms with Crippen molar-refractivity contribution in [3.8, 4) is 0 Å². The molecule has 4 nitrogen and oxygen atoms in total. The molecule has 15 heavy (non-hydrogen) atoms. The van der Waals surface area contributed by atoms with E-state index in [9.17, 15) is 8.42 Å². The van der Waals surface area contributed by atoms with Crippen LogP contribution in [0.4, 0.5) is 0 Å². The zero-order chi connectivity index (χ0) is 11.7. The molecule has 0 rings (SSSR count). The molecule has 0 saturated heterocycles. The maximum atomic E-state index is 10.7. The van der Waals surface area contributed by atoms with Crippen LogP contribution < -0.4 is 10.0 Å². The highest BCUT2D eigenvalue weighted by Crippen LogP contribution is 1.96. The molecular weight excluding hydrogens is 212 g/mol. The van der Waals surface area contributed by atoms with E-state index in [1.807, 2.05) is 6.08 Å². The van der Waals surface area contributed by atoms with Gasteiger partial charge in [-0.3, -0.25) is 0 Å². The van der Waals surface area contributed by atoms with Gasteiger partial charge in [-0.25, -0.2) is 13.1 Å². The van der Waals surface area contributed by atoms with Gasteiger partial charge >= 0.3 is 0 Å². The third-order valence-electron chi connectivity index (χ3n) is 2.01. The van der Waals surface area contributed by atoms with Gasteiger partial charge in [0, 0.05) is 12.6 Å². The van der Waals surface area contributed by atoms with Crippen molar-refractivity contribution in [1.82, 2.24) is 10.0 Å². The Bertz CT molecular complexity index is 263. The summed E-state index contributed by atoms with van der Waals surface area (Å²) in [6.07, 6.45) is 5.97. The Labute approximate surface area is 93.2 Å². The lowest BCUT2D eigenvalue weighted by Gasteiger charge is -2.12. The first-order valence-electron chi connectivity index (χ1n) is 5.24. The highest BCUT2D eigenvalue weighted by molar-refractivity contribution is 7.88. The fraction of sp³-hybridized carbons (Fsp3) is 0.800. The minimum Gasteiger partial charge on any atom is -0.314 e. The minimum absolute atomic E-state index is 0.459. The molecule has 90 valence electrons. The lowest BCUT2D eigenvalue weighted by molar-refractivity contribution is 0.507. The van der Waals surface area contributed by atoms with E-state index < -0.39 is 10.0 Å². The summed E-state index contributed by atoms with van der Waals surface area (Å²) in [5.41, 5.74) is 0. The smallest absolute Gasteiger partial charge is 0.208 e. The molecule has 0 bridgehead atoms. The van der Waals surface area contributed by atoms with Gasteiger partial charge in [0.2, 0.25) is 10.0 Å². The third-order valence-corrected chi connectivity index (χ3v) is 2.74. The standard InChI is InChI=1S/C10H22N2O2S/c1-4-5-7-10(2)11-8-6-9-12-15(3,13)14/h4,10-12H,1,5-9H2,2-3H3. The van der Waals surface area contributed by atoms with Crippen LogP contribution in [-0.2, 0) is 10.0 Å². The molecule has 5 heteroatoms. The third kappa shape index (κ3) is 11.5. The summed E-state index contributed by atoms with van der Waals surface area (Å²) in [7, 11) is -3.03. The summed E-state index contributed by atoms with van der Waals surface area (Å²) in [4.78, 5) is 0. The van der Waals surface area contributed by atoms with Gasteiger partial charge in [-0.15, -0.1) is 6.58 Å². The molecule has 0 heterocycles. The fourth-order valence-electron chi connectivity index (χ4n) is 1.16. The average Bonchev–Trinajstić information content (AvgIpc) is 2.12. The zero-order valence-electron chi connectivity index (χ0n) is 9.62. The van der Waals surface area contributed by atoms with Gasteiger partial charge in [0.15, 0.2) is 0 Å². The molecule has 1 unspecified atom stereocenters. The number of hydrogen-bond acceptors (Lipinski definition) is 3. The second-order valence-corrected chi connectivity index (χ2v) is 5.57. The Morgan fingerprint density at radius 2 is 2.07 bits per heavy atom.